The number of aromatic hydroxyl groups is 2. The smallest absolute Gasteiger partial charge is 0.259 e. The maximum Gasteiger partial charge on any atom is 0.259 e. The van der Waals surface area contributed by atoms with Gasteiger partial charge in [0.2, 0.25) is 0 Å². The third kappa shape index (κ3) is 6.76. The summed E-state index contributed by atoms with van der Waals surface area (Å²) in [5.74, 6) is -1.07. The number of amides is 1. The number of fused-ring (bicyclic) bond motifs is 2. The van der Waals surface area contributed by atoms with E-state index >= 15 is 0 Å². The number of carbonyl (C=O) groups excluding carboxylic acids is 2. The van der Waals surface area contributed by atoms with Crippen LogP contribution in [0.3, 0.4) is 0 Å². The number of phenols is 2. The Kier molecular flexibility index (Phi) is 9.22. The van der Waals surface area contributed by atoms with Gasteiger partial charge in [0.05, 0.1) is 21.2 Å². The number of hydrogen-bond acceptors (Lipinski definition) is 8. The fourth-order valence-electron chi connectivity index (χ4n) is 5.58. The van der Waals surface area contributed by atoms with Crippen LogP contribution < -0.4 is 5.32 Å². The number of phenolic OH excluding ortho intramolecular Hbond substituents is 2. The zero-order chi connectivity index (χ0) is 35.5. The number of nitrogens with zero attached hydrogens (tertiary/aromatic N) is 4. The molecule has 0 heterocycles. The van der Waals surface area contributed by atoms with E-state index in [0.717, 1.165) is 16.5 Å². The van der Waals surface area contributed by atoms with Gasteiger partial charge in [0, 0.05) is 16.5 Å². The van der Waals surface area contributed by atoms with Crippen LogP contribution in [0.25, 0.3) is 32.7 Å². The van der Waals surface area contributed by atoms with E-state index in [2.05, 4.69) is 25.8 Å². The van der Waals surface area contributed by atoms with Crippen molar-refractivity contribution in [1.29, 1.82) is 0 Å². The van der Waals surface area contributed by atoms with Crippen LogP contribution in [-0.2, 0) is 0 Å². The molecule has 9 nitrogen and oxygen atoms in total. The number of aldehydes is 1. The number of para-hydroxylation sites is 1. The standard InChI is InChI=1S/C40H25Cl2N5O4/c41-32-20-23(14-16-34(32)44-46-36-29-12-6-4-8-25(29)18-27(22-48)38(36)49)24-15-17-35(33(42)21-24)45-47-37-30-13-7-5-9-26(30)19-31(39(37)50)40(51)43-28-10-2-1-3-11-28/h1-22,49-50H,(H,43,51). The van der Waals surface area contributed by atoms with E-state index in [-0.39, 0.29) is 39.0 Å². The van der Waals surface area contributed by atoms with Crippen molar-refractivity contribution in [2.75, 3.05) is 5.32 Å². The second kappa shape index (κ2) is 14.2. The fourth-order valence-corrected chi connectivity index (χ4v) is 6.02. The Morgan fingerprint density at radius 3 is 1.65 bits per heavy atom. The van der Waals surface area contributed by atoms with Crippen LogP contribution >= 0.6 is 23.2 Å². The van der Waals surface area contributed by atoms with Gasteiger partial charge >= 0.3 is 0 Å². The average Bonchev–Trinajstić information content (AvgIpc) is 3.15. The summed E-state index contributed by atoms with van der Waals surface area (Å²) in [5, 5.41) is 45.1. The minimum Gasteiger partial charge on any atom is -0.505 e. The molecule has 3 N–H and O–H groups in total. The topological polar surface area (TPSA) is 136 Å². The highest BCUT2D eigenvalue weighted by molar-refractivity contribution is 6.34. The van der Waals surface area contributed by atoms with Crippen molar-refractivity contribution in [3.05, 3.63) is 149 Å². The lowest BCUT2D eigenvalue weighted by Crippen LogP contribution is -2.12. The van der Waals surface area contributed by atoms with Gasteiger partial charge in [-0.1, -0.05) is 102 Å². The van der Waals surface area contributed by atoms with Crippen LogP contribution in [-0.4, -0.2) is 22.4 Å². The summed E-state index contributed by atoms with van der Waals surface area (Å²) in [7, 11) is 0. The van der Waals surface area contributed by atoms with Gasteiger partial charge in [-0.3, -0.25) is 9.59 Å². The number of hydrogen-bond donors (Lipinski definition) is 3. The van der Waals surface area contributed by atoms with Crippen molar-refractivity contribution in [2.24, 2.45) is 20.5 Å². The van der Waals surface area contributed by atoms with Crippen molar-refractivity contribution in [1.82, 2.24) is 0 Å². The number of anilines is 1. The zero-order valence-corrected chi connectivity index (χ0v) is 28.0. The minimum atomic E-state index is -0.492. The molecule has 0 saturated carbocycles. The van der Waals surface area contributed by atoms with E-state index < -0.39 is 5.91 Å². The van der Waals surface area contributed by atoms with Gasteiger partial charge < -0.3 is 15.5 Å². The molecule has 0 radical (unpaired) electrons. The molecule has 51 heavy (non-hydrogen) atoms. The number of nitrogens with one attached hydrogen (secondary N) is 1. The minimum absolute atomic E-state index is 0.0486. The third-order valence-electron chi connectivity index (χ3n) is 8.17. The second-order valence-electron chi connectivity index (χ2n) is 11.4. The van der Waals surface area contributed by atoms with Crippen LogP contribution in [0.2, 0.25) is 10.0 Å². The van der Waals surface area contributed by atoms with Crippen LogP contribution in [0, 0.1) is 0 Å². The quantitative estimate of drug-likeness (QED) is 0.107. The molecule has 0 bridgehead atoms. The Morgan fingerprint density at radius 2 is 1.10 bits per heavy atom. The van der Waals surface area contributed by atoms with Crippen LogP contribution in [0.4, 0.5) is 28.4 Å². The zero-order valence-electron chi connectivity index (χ0n) is 26.5. The molecule has 0 atom stereocenters. The van der Waals surface area contributed by atoms with Crippen LogP contribution in [0.5, 0.6) is 11.5 Å². The van der Waals surface area contributed by atoms with Gasteiger partial charge in [0.25, 0.3) is 5.91 Å². The SMILES string of the molecule is O=Cc1cc2ccccc2c(N=Nc2ccc(-c3ccc(N=Nc4c(O)c(C(=O)Nc5ccccc5)cc5ccccc45)c(Cl)c3)cc2Cl)c1O. The molecule has 0 aliphatic heterocycles. The van der Waals surface area contributed by atoms with Crippen molar-refractivity contribution in [2.45, 2.75) is 0 Å². The fraction of sp³-hybridized carbons (Fsp3) is 0. The van der Waals surface area contributed by atoms with Gasteiger partial charge in [-0.2, -0.15) is 0 Å². The largest absolute Gasteiger partial charge is 0.505 e. The molecule has 1 amide bonds. The molecule has 11 heteroatoms. The normalized spacial score (nSPS) is 11.5. The van der Waals surface area contributed by atoms with Gasteiger partial charge in [-0.15, -0.1) is 20.5 Å². The Bertz CT molecular complexity index is 2560. The number of carbonyl (C=O) groups is 2. The highest BCUT2D eigenvalue weighted by Crippen LogP contribution is 2.42. The highest BCUT2D eigenvalue weighted by Gasteiger charge is 2.19. The monoisotopic (exact) mass is 709 g/mol. The number of benzene rings is 7. The van der Waals surface area contributed by atoms with Gasteiger partial charge in [-0.05, 0) is 70.4 Å². The van der Waals surface area contributed by atoms with E-state index in [1.807, 2.05) is 30.3 Å². The summed E-state index contributed by atoms with van der Waals surface area (Å²) in [4.78, 5) is 24.7. The molecule has 7 aromatic rings. The molecule has 0 spiro atoms. The molecule has 0 aromatic heterocycles. The van der Waals surface area contributed by atoms with Crippen molar-refractivity contribution in [3.63, 3.8) is 0 Å². The maximum atomic E-state index is 13.2. The maximum absolute atomic E-state index is 13.2. The number of azo groups is 2. The molecule has 0 aliphatic rings. The predicted molar refractivity (Wildman–Crippen MR) is 201 cm³/mol. The average molecular weight is 711 g/mol. The summed E-state index contributed by atoms with van der Waals surface area (Å²) in [6, 6.07) is 37.0. The van der Waals surface area contributed by atoms with Gasteiger partial charge in [-0.25, -0.2) is 0 Å². The first-order valence-electron chi connectivity index (χ1n) is 15.5. The Labute approximate surface area is 301 Å². The lowest BCUT2D eigenvalue weighted by atomic mass is 10.0. The van der Waals surface area contributed by atoms with E-state index in [4.69, 9.17) is 23.2 Å². The lowest BCUT2D eigenvalue weighted by Gasteiger charge is -2.11. The molecule has 7 rings (SSSR count). The summed E-state index contributed by atoms with van der Waals surface area (Å²) >= 11 is 13.3. The van der Waals surface area contributed by atoms with Gasteiger partial charge in [0.1, 0.15) is 22.7 Å². The highest BCUT2D eigenvalue weighted by atomic mass is 35.5. The Morgan fingerprint density at radius 1 is 0.588 bits per heavy atom. The summed E-state index contributed by atoms with van der Waals surface area (Å²) < 4.78 is 0. The van der Waals surface area contributed by atoms with Crippen molar-refractivity contribution >= 4 is 85.4 Å². The number of halogens is 2. The molecule has 0 aliphatic carbocycles. The second-order valence-corrected chi connectivity index (χ2v) is 12.2. The van der Waals surface area contributed by atoms with Crippen LogP contribution in [0.15, 0.2) is 148 Å². The van der Waals surface area contributed by atoms with E-state index in [9.17, 15) is 19.8 Å². The predicted octanol–water partition coefficient (Wildman–Crippen LogP) is 12.3. The first-order valence-corrected chi connectivity index (χ1v) is 16.3. The molecular weight excluding hydrogens is 685 g/mol. The first-order chi connectivity index (χ1) is 24.8. The molecule has 0 fully saturated rings. The van der Waals surface area contributed by atoms with E-state index in [0.29, 0.717) is 44.5 Å². The number of rotatable bonds is 8. The summed E-state index contributed by atoms with van der Waals surface area (Å²) in [5.41, 5.74) is 3.19. The lowest BCUT2D eigenvalue weighted by molar-refractivity contribution is 0.102. The third-order valence-corrected chi connectivity index (χ3v) is 8.77. The first kappa shape index (κ1) is 33.1. The van der Waals surface area contributed by atoms with Crippen molar-refractivity contribution < 1.29 is 19.8 Å². The van der Waals surface area contributed by atoms with E-state index in [1.54, 1.807) is 97.1 Å². The molecule has 248 valence electrons. The van der Waals surface area contributed by atoms with Gasteiger partial charge in [0.15, 0.2) is 17.8 Å². The van der Waals surface area contributed by atoms with Crippen molar-refractivity contribution in [3.8, 4) is 22.6 Å². The molecule has 0 unspecified atom stereocenters. The molecule has 7 aromatic carbocycles. The molecular formula is C40H25Cl2N5O4. The molecule has 0 saturated heterocycles. The van der Waals surface area contributed by atoms with E-state index in [1.165, 1.54) is 0 Å². The summed E-state index contributed by atoms with van der Waals surface area (Å²) in [6.45, 7) is 0. The Hall–Kier alpha value is -6.42. The Balaban J connectivity index is 1.15. The van der Waals surface area contributed by atoms with Crippen LogP contribution in [0.1, 0.15) is 20.7 Å². The summed E-state index contributed by atoms with van der Waals surface area (Å²) in [6.07, 6.45) is 0.567.